The number of halogens is 1. The molecule has 178 valence electrons. The molecule has 0 fully saturated rings. The van der Waals surface area contributed by atoms with Crippen LogP contribution in [0.25, 0.3) is 10.9 Å². The molecule has 5 rings (SSSR count). The zero-order chi connectivity index (χ0) is 24.6. The van der Waals surface area contributed by atoms with Gasteiger partial charge in [-0.25, -0.2) is 4.39 Å². The van der Waals surface area contributed by atoms with Gasteiger partial charge in [-0.05, 0) is 31.2 Å². The number of methoxy groups -OCH3 is 1. The van der Waals surface area contributed by atoms with Crippen molar-refractivity contribution in [2.24, 2.45) is 0 Å². The highest BCUT2D eigenvalue weighted by Gasteiger charge is 2.47. The predicted octanol–water partition coefficient (Wildman–Crippen LogP) is 4.52. The molecule has 1 aliphatic rings. The molecule has 6 nitrogen and oxygen atoms in total. The summed E-state index contributed by atoms with van der Waals surface area (Å²) in [5.41, 5.74) is 1.29. The first-order chi connectivity index (χ1) is 16.9. The lowest BCUT2D eigenvalue weighted by molar-refractivity contribution is -0.133. The number of nitrogens with one attached hydrogen (secondary N) is 1. The maximum Gasteiger partial charge on any atom is 0.271 e. The number of nitrogens with zero attached hydrogens (tertiary/aromatic N) is 2. The Balaban J connectivity index is 1.54. The molecule has 1 atom stereocenters. The number of ether oxygens (including phenoxy) is 1. The molecule has 4 aromatic rings. The van der Waals surface area contributed by atoms with E-state index in [9.17, 15) is 14.0 Å². The van der Waals surface area contributed by atoms with E-state index in [1.165, 1.54) is 11.0 Å². The van der Waals surface area contributed by atoms with Gasteiger partial charge in [0.1, 0.15) is 22.8 Å². The van der Waals surface area contributed by atoms with Crippen LogP contribution >= 0.6 is 0 Å². The fraction of sp³-hybridized carbons (Fsp3) is 0.214. The average molecular weight is 472 g/mol. The summed E-state index contributed by atoms with van der Waals surface area (Å²) in [6.45, 7) is 2.19. The first-order valence-electron chi connectivity index (χ1n) is 11.5. The van der Waals surface area contributed by atoms with Gasteiger partial charge in [0.15, 0.2) is 0 Å². The van der Waals surface area contributed by atoms with Gasteiger partial charge < -0.3 is 19.5 Å². The first kappa shape index (κ1) is 22.7. The van der Waals surface area contributed by atoms with Crippen LogP contribution in [-0.4, -0.2) is 33.9 Å². The summed E-state index contributed by atoms with van der Waals surface area (Å²) in [5.74, 6) is -0.384. The molecule has 1 aromatic heterocycles. The van der Waals surface area contributed by atoms with Gasteiger partial charge in [-0.3, -0.25) is 9.59 Å². The second-order valence-corrected chi connectivity index (χ2v) is 8.93. The van der Waals surface area contributed by atoms with E-state index in [0.29, 0.717) is 17.0 Å². The van der Waals surface area contributed by atoms with Crippen molar-refractivity contribution in [1.82, 2.24) is 14.8 Å². The maximum atomic E-state index is 14.6. The highest BCUT2D eigenvalue weighted by Crippen LogP contribution is 2.34. The SMILES string of the molecule is COc1ccccc1CNC(=O)C1(C)Cn2c(cc3ccccc32)C(=O)N1Cc1ccccc1F. The summed E-state index contributed by atoms with van der Waals surface area (Å²) in [7, 11) is 1.58. The molecule has 0 saturated carbocycles. The van der Waals surface area contributed by atoms with Crippen LogP contribution in [0.3, 0.4) is 0 Å². The van der Waals surface area contributed by atoms with Gasteiger partial charge >= 0.3 is 0 Å². The molecular formula is C28H26FN3O3. The Kier molecular flexibility index (Phi) is 5.76. The zero-order valence-electron chi connectivity index (χ0n) is 19.6. The monoisotopic (exact) mass is 471 g/mol. The number of carbonyl (C=O) groups excluding carboxylic acids is 2. The first-order valence-corrected chi connectivity index (χ1v) is 11.5. The minimum atomic E-state index is -1.25. The van der Waals surface area contributed by atoms with Crippen LogP contribution in [0.5, 0.6) is 5.75 Å². The van der Waals surface area contributed by atoms with E-state index < -0.39 is 11.4 Å². The third-order valence-electron chi connectivity index (χ3n) is 6.74. The Labute approximate surface area is 202 Å². The van der Waals surface area contributed by atoms with E-state index in [4.69, 9.17) is 4.74 Å². The quantitative estimate of drug-likeness (QED) is 0.450. The van der Waals surface area contributed by atoms with Crippen molar-refractivity contribution in [1.29, 1.82) is 0 Å². The summed E-state index contributed by atoms with van der Waals surface area (Å²) >= 11 is 0. The van der Waals surface area contributed by atoms with E-state index in [0.717, 1.165) is 16.5 Å². The number of fused-ring (bicyclic) bond motifs is 3. The van der Waals surface area contributed by atoms with Crippen molar-refractivity contribution in [3.63, 3.8) is 0 Å². The summed E-state index contributed by atoms with van der Waals surface area (Å²) in [5, 5.41) is 3.90. The smallest absolute Gasteiger partial charge is 0.271 e. The number of para-hydroxylation sites is 2. The van der Waals surface area contributed by atoms with Crippen LogP contribution in [0.2, 0.25) is 0 Å². The third-order valence-corrected chi connectivity index (χ3v) is 6.74. The van der Waals surface area contributed by atoms with Crippen LogP contribution in [0.4, 0.5) is 4.39 Å². The molecule has 1 aliphatic heterocycles. The molecule has 0 spiro atoms. The van der Waals surface area contributed by atoms with E-state index >= 15 is 0 Å². The molecule has 2 heterocycles. The number of amides is 2. The summed E-state index contributed by atoms with van der Waals surface area (Å²) in [4.78, 5) is 29.0. The fourth-order valence-electron chi connectivity index (χ4n) is 4.77. The summed E-state index contributed by atoms with van der Waals surface area (Å²) in [6, 6.07) is 23.3. The van der Waals surface area contributed by atoms with Gasteiger partial charge in [0.25, 0.3) is 5.91 Å². The summed E-state index contributed by atoms with van der Waals surface area (Å²) in [6.07, 6.45) is 0. The molecule has 1 unspecified atom stereocenters. The molecule has 0 radical (unpaired) electrons. The largest absolute Gasteiger partial charge is 0.496 e. The highest BCUT2D eigenvalue weighted by atomic mass is 19.1. The number of benzene rings is 3. The number of hydrogen-bond acceptors (Lipinski definition) is 3. The molecule has 0 saturated heterocycles. The lowest BCUT2D eigenvalue weighted by Gasteiger charge is -2.44. The van der Waals surface area contributed by atoms with Crippen molar-refractivity contribution < 1.29 is 18.7 Å². The Morgan fingerprint density at radius 1 is 1.03 bits per heavy atom. The van der Waals surface area contributed by atoms with Crippen LogP contribution < -0.4 is 10.1 Å². The minimum Gasteiger partial charge on any atom is -0.496 e. The number of rotatable bonds is 6. The molecule has 0 bridgehead atoms. The minimum absolute atomic E-state index is 0.0222. The fourth-order valence-corrected chi connectivity index (χ4v) is 4.77. The zero-order valence-corrected chi connectivity index (χ0v) is 19.6. The number of hydrogen-bond donors (Lipinski definition) is 1. The molecule has 35 heavy (non-hydrogen) atoms. The van der Waals surface area contributed by atoms with Crippen molar-refractivity contribution >= 4 is 22.7 Å². The topological polar surface area (TPSA) is 63.6 Å². The van der Waals surface area contributed by atoms with Gasteiger partial charge in [0.2, 0.25) is 5.91 Å². The molecular weight excluding hydrogens is 445 g/mol. The van der Waals surface area contributed by atoms with Crippen LogP contribution in [0.1, 0.15) is 28.5 Å². The second-order valence-electron chi connectivity index (χ2n) is 8.93. The van der Waals surface area contributed by atoms with Gasteiger partial charge in [-0.1, -0.05) is 54.6 Å². The Bertz CT molecular complexity index is 1430. The number of carbonyl (C=O) groups is 2. The van der Waals surface area contributed by atoms with E-state index in [1.54, 1.807) is 32.2 Å². The molecule has 2 amide bonds. The average Bonchev–Trinajstić information content (AvgIpc) is 3.24. The third kappa shape index (κ3) is 3.93. The van der Waals surface area contributed by atoms with E-state index in [1.807, 2.05) is 59.2 Å². The lowest BCUT2D eigenvalue weighted by Crippen LogP contribution is -2.63. The van der Waals surface area contributed by atoms with Gasteiger partial charge in [-0.15, -0.1) is 0 Å². The summed E-state index contributed by atoms with van der Waals surface area (Å²) < 4.78 is 21.9. The Hall–Kier alpha value is -4.13. The Morgan fingerprint density at radius 2 is 1.71 bits per heavy atom. The maximum absolute atomic E-state index is 14.6. The molecule has 3 aromatic carbocycles. The van der Waals surface area contributed by atoms with E-state index in [2.05, 4.69) is 5.32 Å². The van der Waals surface area contributed by atoms with Crippen LogP contribution in [0, 0.1) is 5.82 Å². The normalized spacial score (nSPS) is 17.3. The van der Waals surface area contributed by atoms with Crippen LogP contribution in [0.15, 0.2) is 78.9 Å². The van der Waals surface area contributed by atoms with Crippen molar-refractivity contribution in [2.75, 3.05) is 7.11 Å². The highest BCUT2D eigenvalue weighted by molar-refractivity contribution is 6.03. The predicted molar refractivity (Wildman–Crippen MR) is 131 cm³/mol. The Morgan fingerprint density at radius 3 is 2.49 bits per heavy atom. The molecule has 1 N–H and O–H groups in total. The van der Waals surface area contributed by atoms with Crippen LogP contribution in [-0.2, 0) is 24.4 Å². The van der Waals surface area contributed by atoms with Gasteiger partial charge in [-0.2, -0.15) is 0 Å². The molecule has 7 heteroatoms. The van der Waals surface area contributed by atoms with Crippen molar-refractivity contribution in [3.05, 3.63) is 102 Å². The molecule has 0 aliphatic carbocycles. The second kappa shape index (κ2) is 8.91. The van der Waals surface area contributed by atoms with Crippen molar-refractivity contribution in [3.8, 4) is 5.75 Å². The van der Waals surface area contributed by atoms with Gasteiger partial charge in [0.05, 0.1) is 20.2 Å². The number of aromatic nitrogens is 1. The lowest BCUT2D eigenvalue weighted by atomic mass is 9.93. The van der Waals surface area contributed by atoms with Crippen molar-refractivity contribution in [2.45, 2.75) is 32.1 Å². The van der Waals surface area contributed by atoms with Gasteiger partial charge in [0, 0.05) is 28.6 Å². The van der Waals surface area contributed by atoms with E-state index in [-0.39, 0.29) is 31.4 Å². The standard InChI is InChI=1S/C28H26FN3O3/c1-28(27(34)30-16-20-10-5-8-14-25(20)35-2)18-31-23-13-7-4-9-19(23)15-24(31)26(33)32(28)17-21-11-3-6-12-22(21)29/h3-15H,16-18H2,1-2H3,(H,30,34).